The van der Waals surface area contributed by atoms with E-state index in [0.717, 1.165) is 28.7 Å². The van der Waals surface area contributed by atoms with Crippen molar-refractivity contribution >= 4 is 40.2 Å². The lowest BCUT2D eigenvalue weighted by atomic mass is 9.97. The van der Waals surface area contributed by atoms with E-state index >= 15 is 0 Å². The molecular formula is C26H31N5O3S2. The number of Topliss-reactive ketones (excluding diaryl/α,β-unsaturated/α-hetero) is 1. The SMILES string of the molecule is Cc1csc(-c2nc(CC(=O)c3cnc(N4CCC(C(=O)O)CC4)cn3)sc2CN2CCC[C@H]2C)c1. The predicted octanol–water partition coefficient (Wildman–Crippen LogP) is 4.68. The van der Waals surface area contributed by atoms with Gasteiger partial charge in [-0.1, -0.05) is 0 Å². The molecule has 5 rings (SSSR count). The number of aromatic nitrogens is 3. The molecule has 3 aromatic heterocycles. The van der Waals surface area contributed by atoms with Crippen LogP contribution < -0.4 is 4.90 Å². The van der Waals surface area contributed by atoms with Gasteiger partial charge in [0, 0.05) is 30.6 Å². The van der Waals surface area contributed by atoms with E-state index in [4.69, 9.17) is 4.98 Å². The van der Waals surface area contributed by atoms with E-state index < -0.39 is 5.97 Å². The maximum atomic E-state index is 13.1. The van der Waals surface area contributed by atoms with Crippen molar-refractivity contribution in [2.75, 3.05) is 24.5 Å². The maximum Gasteiger partial charge on any atom is 0.306 e. The third-order valence-electron chi connectivity index (χ3n) is 7.15. The number of carbonyl (C=O) groups excluding carboxylic acids is 1. The van der Waals surface area contributed by atoms with E-state index in [0.29, 0.717) is 43.5 Å². The standard InChI is InChI=1S/C26H31N5O3S2/c1-16-10-21(35-15-16)25-22(14-31-7-3-4-17(31)2)36-24(29-25)11-20(32)19-12-28-23(13-27-19)30-8-5-18(6-9-30)26(33)34/h10,12-13,15,17-18H,3-9,11,14H2,1-2H3,(H,33,34)/t17-/m1/s1. The van der Waals surface area contributed by atoms with Gasteiger partial charge in [0.25, 0.3) is 0 Å². The Morgan fingerprint density at radius 2 is 1.94 bits per heavy atom. The molecule has 0 aliphatic carbocycles. The summed E-state index contributed by atoms with van der Waals surface area (Å²) in [6.45, 7) is 7.60. The lowest BCUT2D eigenvalue weighted by Crippen LogP contribution is -2.36. The summed E-state index contributed by atoms with van der Waals surface area (Å²) in [6.07, 6.45) is 6.99. The van der Waals surface area contributed by atoms with Gasteiger partial charge >= 0.3 is 5.97 Å². The minimum Gasteiger partial charge on any atom is -0.481 e. The number of hydrogen-bond acceptors (Lipinski definition) is 9. The third-order valence-corrected chi connectivity index (χ3v) is 9.24. The number of carboxylic acid groups (broad SMARTS) is 1. The molecule has 2 aliphatic rings. The van der Waals surface area contributed by atoms with E-state index in [2.05, 4.69) is 40.2 Å². The molecule has 0 amide bonds. The Bertz CT molecular complexity index is 1230. The van der Waals surface area contributed by atoms with Crippen LogP contribution in [0.15, 0.2) is 23.8 Å². The summed E-state index contributed by atoms with van der Waals surface area (Å²) in [4.78, 5) is 44.9. The van der Waals surface area contributed by atoms with Gasteiger partial charge in [-0.05, 0) is 63.1 Å². The second-order valence-corrected chi connectivity index (χ2v) is 11.9. The molecule has 0 spiro atoms. The van der Waals surface area contributed by atoms with Crippen LogP contribution in [0.4, 0.5) is 5.82 Å². The normalized spacial score (nSPS) is 19.2. The molecule has 190 valence electrons. The zero-order chi connectivity index (χ0) is 25.2. The second-order valence-electron chi connectivity index (χ2n) is 9.79. The summed E-state index contributed by atoms with van der Waals surface area (Å²) < 4.78 is 0. The van der Waals surface area contributed by atoms with E-state index in [1.54, 1.807) is 28.9 Å². The summed E-state index contributed by atoms with van der Waals surface area (Å²) in [5.41, 5.74) is 2.56. The molecule has 2 fully saturated rings. The minimum absolute atomic E-state index is 0.0950. The molecule has 1 N–H and O–H groups in total. The summed E-state index contributed by atoms with van der Waals surface area (Å²) in [5.74, 6) is -0.446. The lowest BCUT2D eigenvalue weighted by molar-refractivity contribution is -0.142. The van der Waals surface area contributed by atoms with Crippen molar-refractivity contribution in [3.8, 4) is 10.6 Å². The van der Waals surface area contributed by atoms with Crippen molar-refractivity contribution in [2.24, 2.45) is 5.92 Å². The van der Waals surface area contributed by atoms with Crippen molar-refractivity contribution in [2.45, 2.75) is 58.5 Å². The molecule has 0 bridgehead atoms. The molecule has 10 heteroatoms. The van der Waals surface area contributed by atoms with Crippen LogP contribution >= 0.6 is 22.7 Å². The highest BCUT2D eigenvalue weighted by molar-refractivity contribution is 7.15. The Morgan fingerprint density at radius 1 is 1.14 bits per heavy atom. The summed E-state index contributed by atoms with van der Waals surface area (Å²) in [7, 11) is 0. The van der Waals surface area contributed by atoms with Crippen molar-refractivity contribution in [3.63, 3.8) is 0 Å². The van der Waals surface area contributed by atoms with Gasteiger partial charge < -0.3 is 10.0 Å². The highest BCUT2D eigenvalue weighted by atomic mass is 32.1. The average molecular weight is 526 g/mol. The summed E-state index contributed by atoms with van der Waals surface area (Å²) >= 11 is 3.33. The van der Waals surface area contributed by atoms with Crippen molar-refractivity contribution in [3.05, 3.63) is 45.0 Å². The van der Waals surface area contributed by atoms with Crippen molar-refractivity contribution < 1.29 is 14.7 Å². The molecule has 0 unspecified atom stereocenters. The Balaban J connectivity index is 1.28. The average Bonchev–Trinajstić information content (AvgIpc) is 3.60. The highest BCUT2D eigenvalue weighted by Gasteiger charge is 2.26. The van der Waals surface area contributed by atoms with Gasteiger partial charge in [-0.25, -0.2) is 15.0 Å². The molecule has 0 saturated carbocycles. The fraction of sp³-hybridized carbons (Fsp3) is 0.500. The number of hydrogen-bond donors (Lipinski definition) is 1. The van der Waals surface area contributed by atoms with E-state index in [1.807, 2.05) is 4.90 Å². The van der Waals surface area contributed by atoms with E-state index in [-0.39, 0.29) is 18.1 Å². The Hall–Kier alpha value is -2.69. The van der Waals surface area contributed by atoms with E-state index in [9.17, 15) is 14.7 Å². The van der Waals surface area contributed by atoms with Gasteiger partial charge in [-0.15, -0.1) is 22.7 Å². The quantitative estimate of drug-likeness (QED) is 0.423. The Morgan fingerprint density at radius 3 is 2.56 bits per heavy atom. The minimum atomic E-state index is -0.737. The number of aliphatic carboxylic acids is 1. The van der Waals surface area contributed by atoms with Crippen LogP contribution in [0.5, 0.6) is 0 Å². The molecule has 1 atom stereocenters. The number of likely N-dealkylation sites (tertiary alicyclic amines) is 1. The fourth-order valence-corrected chi connectivity index (χ4v) is 7.04. The predicted molar refractivity (Wildman–Crippen MR) is 142 cm³/mol. The van der Waals surface area contributed by atoms with Crippen LogP contribution in [-0.2, 0) is 17.8 Å². The number of rotatable bonds is 8. The molecule has 5 heterocycles. The molecule has 0 aromatic carbocycles. The van der Waals surface area contributed by atoms with Gasteiger partial charge in [0.1, 0.15) is 16.5 Å². The van der Waals surface area contributed by atoms with Crippen LogP contribution in [0.2, 0.25) is 0 Å². The summed E-state index contributed by atoms with van der Waals surface area (Å²) in [6, 6.07) is 2.74. The zero-order valence-electron chi connectivity index (χ0n) is 20.6. The molecule has 8 nitrogen and oxygen atoms in total. The molecular weight excluding hydrogens is 494 g/mol. The number of carbonyl (C=O) groups is 2. The smallest absolute Gasteiger partial charge is 0.306 e. The van der Waals surface area contributed by atoms with Gasteiger partial charge in [0.15, 0.2) is 5.78 Å². The van der Waals surface area contributed by atoms with Gasteiger partial charge in [-0.3, -0.25) is 14.5 Å². The topological polar surface area (TPSA) is 99.5 Å². The van der Waals surface area contributed by atoms with Crippen LogP contribution in [0.1, 0.15) is 58.5 Å². The number of nitrogens with zero attached hydrogens (tertiary/aromatic N) is 5. The first-order valence-electron chi connectivity index (χ1n) is 12.5. The molecule has 36 heavy (non-hydrogen) atoms. The number of thiophene rings is 1. The molecule has 2 aliphatic heterocycles. The number of anilines is 1. The number of aryl methyl sites for hydroxylation is 1. The second kappa shape index (κ2) is 10.7. The fourth-order valence-electron chi connectivity index (χ4n) is 4.96. The zero-order valence-corrected chi connectivity index (χ0v) is 22.3. The first kappa shape index (κ1) is 25.0. The third kappa shape index (κ3) is 5.50. The molecule has 2 saturated heterocycles. The number of ketones is 1. The van der Waals surface area contributed by atoms with Gasteiger partial charge in [-0.2, -0.15) is 0 Å². The Kier molecular flexibility index (Phi) is 7.45. The van der Waals surface area contributed by atoms with Gasteiger partial charge in [0.05, 0.1) is 35.3 Å². The first-order valence-corrected chi connectivity index (χ1v) is 14.2. The monoisotopic (exact) mass is 525 g/mol. The van der Waals surface area contributed by atoms with Crippen molar-refractivity contribution in [1.82, 2.24) is 19.9 Å². The first-order chi connectivity index (χ1) is 17.4. The molecule has 3 aromatic rings. The Labute approximate surface area is 219 Å². The van der Waals surface area contributed by atoms with Crippen LogP contribution in [-0.4, -0.2) is 62.4 Å². The number of carboxylic acids is 1. The largest absolute Gasteiger partial charge is 0.481 e. The van der Waals surface area contributed by atoms with Crippen LogP contribution in [0.3, 0.4) is 0 Å². The lowest BCUT2D eigenvalue weighted by Gasteiger charge is -2.30. The van der Waals surface area contributed by atoms with Crippen molar-refractivity contribution in [1.29, 1.82) is 0 Å². The van der Waals surface area contributed by atoms with Gasteiger partial charge in [0.2, 0.25) is 0 Å². The van der Waals surface area contributed by atoms with Crippen LogP contribution in [0, 0.1) is 12.8 Å². The number of thiazole rings is 1. The highest BCUT2D eigenvalue weighted by Crippen LogP contribution is 2.35. The maximum absolute atomic E-state index is 13.1. The summed E-state index contributed by atoms with van der Waals surface area (Å²) in [5, 5.41) is 12.1. The molecule has 0 radical (unpaired) electrons. The van der Waals surface area contributed by atoms with Crippen LogP contribution in [0.25, 0.3) is 10.6 Å². The van der Waals surface area contributed by atoms with E-state index in [1.165, 1.54) is 29.5 Å². The number of piperidine rings is 1.